The van der Waals surface area contributed by atoms with Crippen LogP contribution in [0.2, 0.25) is 5.02 Å². The molecule has 0 aromatic heterocycles. The van der Waals surface area contributed by atoms with Crippen LogP contribution in [0, 0.1) is 10.1 Å². The molecule has 0 heterocycles. The molecule has 5 nitrogen and oxygen atoms in total. The minimum Gasteiger partial charge on any atom is -0.449 e. The molecule has 0 N–H and O–H groups in total. The number of ether oxygens (including phenoxy) is 1. The van der Waals surface area contributed by atoms with E-state index < -0.39 is 4.92 Å². The third-order valence-corrected chi connectivity index (χ3v) is 2.92. The van der Waals surface area contributed by atoms with Gasteiger partial charge in [0.2, 0.25) is 5.75 Å². The zero-order valence-electron chi connectivity index (χ0n) is 10.5. The third kappa shape index (κ3) is 2.95. The van der Waals surface area contributed by atoms with Crippen molar-refractivity contribution >= 4 is 23.1 Å². The lowest BCUT2D eigenvalue weighted by molar-refractivity contribution is -0.385. The molecule has 20 heavy (non-hydrogen) atoms. The van der Waals surface area contributed by atoms with Crippen molar-refractivity contribution < 1.29 is 14.5 Å². The fourth-order valence-corrected chi connectivity index (χ4v) is 1.83. The highest BCUT2D eigenvalue weighted by Crippen LogP contribution is 2.34. The largest absolute Gasteiger partial charge is 0.449 e. The normalized spacial score (nSPS) is 10.1. The second kappa shape index (κ2) is 5.71. The van der Waals surface area contributed by atoms with Crippen LogP contribution in [0.15, 0.2) is 42.5 Å². The number of carbonyl (C=O) groups excluding carboxylic acids is 1. The van der Waals surface area contributed by atoms with Crippen LogP contribution < -0.4 is 4.74 Å². The Labute approximate surface area is 119 Å². The lowest BCUT2D eigenvalue weighted by Gasteiger charge is -2.08. The van der Waals surface area contributed by atoms with E-state index in [1.807, 2.05) is 0 Å². The van der Waals surface area contributed by atoms with Crippen LogP contribution in [0.3, 0.4) is 0 Å². The van der Waals surface area contributed by atoms with Crippen LogP contribution >= 0.6 is 11.6 Å². The van der Waals surface area contributed by atoms with Gasteiger partial charge in [-0.3, -0.25) is 14.9 Å². The number of carbonyl (C=O) groups is 1. The van der Waals surface area contributed by atoms with Crippen molar-refractivity contribution in [3.63, 3.8) is 0 Å². The van der Waals surface area contributed by atoms with Crippen LogP contribution in [0.25, 0.3) is 0 Å². The molecule has 102 valence electrons. The Bertz CT molecular complexity index is 685. The molecule has 0 radical (unpaired) electrons. The minimum atomic E-state index is -0.535. The number of nitro groups is 1. The molecule has 2 rings (SSSR count). The zero-order chi connectivity index (χ0) is 14.7. The number of para-hydroxylation sites is 2. The molecule has 0 saturated carbocycles. The summed E-state index contributed by atoms with van der Waals surface area (Å²) < 4.78 is 5.45. The Kier molecular flexibility index (Phi) is 4.00. The Morgan fingerprint density at radius 1 is 1.20 bits per heavy atom. The predicted octanol–water partition coefficient (Wildman–Crippen LogP) is 4.24. The minimum absolute atomic E-state index is 0.0926. The Morgan fingerprint density at radius 2 is 1.90 bits per heavy atom. The summed E-state index contributed by atoms with van der Waals surface area (Å²) in [5.74, 6) is 0.227. The highest BCUT2D eigenvalue weighted by molar-refractivity contribution is 6.32. The lowest BCUT2D eigenvalue weighted by atomic mass is 10.1. The predicted molar refractivity (Wildman–Crippen MR) is 74.6 cm³/mol. The summed E-state index contributed by atoms with van der Waals surface area (Å²) in [5, 5.41) is 11.1. The van der Waals surface area contributed by atoms with Gasteiger partial charge in [-0.15, -0.1) is 0 Å². The Balaban J connectivity index is 2.36. The van der Waals surface area contributed by atoms with E-state index in [1.165, 1.54) is 31.2 Å². The number of Topliss-reactive ketones (excluding diaryl/α,β-unsaturated/α-hetero) is 1. The molecule has 0 aliphatic heterocycles. The number of halogens is 1. The molecule has 0 fully saturated rings. The zero-order valence-corrected chi connectivity index (χ0v) is 11.3. The van der Waals surface area contributed by atoms with Gasteiger partial charge in [0.05, 0.1) is 9.95 Å². The topological polar surface area (TPSA) is 69.4 Å². The first-order chi connectivity index (χ1) is 9.49. The molecular formula is C14H10ClNO4. The molecule has 0 saturated heterocycles. The van der Waals surface area contributed by atoms with Gasteiger partial charge in [0.15, 0.2) is 5.78 Å². The molecule has 0 aliphatic rings. The number of rotatable bonds is 4. The maximum absolute atomic E-state index is 11.2. The lowest BCUT2D eigenvalue weighted by Crippen LogP contribution is -1.95. The summed E-state index contributed by atoms with van der Waals surface area (Å²) in [5.41, 5.74) is 0.295. The van der Waals surface area contributed by atoms with Gasteiger partial charge in [0.25, 0.3) is 0 Å². The average Bonchev–Trinajstić information content (AvgIpc) is 2.41. The van der Waals surface area contributed by atoms with Crippen molar-refractivity contribution in [2.75, 3.05) is 0 Å². The van der Waals surface area contributed by atoms with E-state index in [0.717, 1.165) is 0 Å². The van der Waals surface area contributed by atoms with Gasteiger partial charge in [0.1, 0.15) is 5.75 Å². The van der Waals surface area contributed by atoms with E-state index in [2.05, 4.69) is 0 Å². The highest BCUT2D eigenvalue weighted by Gasteiger charge is 2.16. The fraction of sp³-hybridized carbons (Fsp3) is 0.0714. The summed E-state index contributed by atoms with van der Waals surface area (Å²) in [6.45, 7) is 1.42. The average molecular weight is 292 g/mol. The molecule has 0 unspecified atom stereocenters. The van der Waals surface area contributed by atoms with Gasteiger partial charge in [0, 0.05) is 11.6 Å². The van der Waals surface area contributed by atoms with Crippen LogP contribution in [0.1, 0.15) is 17.3 Å². The number of benzene rings is 2. The molecule has 0 aliphatic carbocycles. The first-order valence-corrected chi connectivity index (χ1v) is 6.08. The van der Waals surface area contributed by atoms with Crippen molar-refractivity contribution in [3.8, 4) is 11.5 Å². The van der Waals surface area contributed by atoms with Crippen molar-refractivity contribution in [1.29, 1.82) is 0 Å². The first kappa shape index (κ1) is 14.0. The van der Waals surface area contributed by atoms with E-state index in [-0.39, 0.29) is 28.0 Å². The molecule has 0 atom stereocenters. The maximum atomic E-state index is 11.2. The summed E-state index contributed by atoms with van der Waals surface area (Å²) in [6, 6.07) is 10.5. The molecule has 0 spiro atoms. The summed E-state index contributed by atoms with van der Waals surface area (Å²) >= 11 is 6.01. The van der Waals surface area contributed by atoms with Gasteiger partial charge in [-0.2, -0.15) is 0 Å². The summed E-state index contributed by atoms with van der Waals surface area (Å²) in [6.07, 6.45) is 0. The van der Waals surface area contributed by atoms with Crippen LogP contribution in [-0.2, 0) is 0 Å². The Morgan fingerprint density at radius 3 is 2.50 bits per heavy atom. The number of nitrogens with zero attached hydrogens (tertiary/aromatic N) is 1. The van der Waals surface area contributed by atoms with Crippen molar-refractivity contribution in [3.05, 3.63) is 63.2 Å². The second-order valence-corrected chi connectivity index (χ2v) is 4.44. The molecular weight excluding hydrogens is 282 g/mol. The van der Waals surface area contributed by atoms with E-state index in [4.69, 9.17) is 16.3 Å². The fourth-order valence-electron chi connectivity index (χ4n) is 1.62. The van der Waals surface area contributed by atoms with Crippen LogP contribution in [0.4, 0.5) is 5.69 Å². The van der Waals surface area contributed by atoms with E-state index in [1.54, 1.807) is 18.2 Å². The molecule has 2 aromatic carbocycles. The SMILES string of the molecule is CC(=O)c1ccc(Oc2ccccc2[N+](=O)[O-])c(Cl)c1. The van der Waals surface area contributed by atoms with Gasteiger partial charge in [-0.25, -0.2) is 0 Å². The molecule has 0 amide bonds. The highest BCUT2D eigenvalue weighted by atomic mass is 35.5. The third-order valence-electron chi connectivity index (χ3n) is 2.62. The summed E-state index contributed by atoms with van der Waals surface area (Å²) in [4.78, 5) is 21.6. The molecule has 2 aromatic rings. The van der Waals surface area contributed by atoms with E-state index >= 15 is 0 Å². The first-order valence-electron chi connectivity index (χ1n) is 5.71. The monoisotopic (exact) mass is 291 g/mol. The number of nitro benzene ring substituents is 1. The van der Waals surface area contributed by atoms with E-state index in [0.29, 0.717) is 5.56 Å². The van der Waals surface area contributed by atoms with E-state index in [9.17, 15) is 14.9 Å². The Hall–Kier alpha value is -2.40. The maximum Gasteiger partial charge on any atom is 0.311 e. The number of hydrogen-bond acceptors (Lipinski definition) is 4. The summed E-state index contributed by atoms with van der Waals surface area (Å²) in [7, 11) is 0. The number of hydrogen-bond donors (Lipinski definition) is 0. The molecule has 6 heteroatoms. The van der Waals surface area contributed by atoms with Gasteiger partial charge in [-0.1, -0.05) is 23.7 Å². The van der Waals surface area contributed by atoms with Crippen molar-refractivity contribution in [2.45, 2.75) is 6.92 Å². The van der Waals surface area contributed by atoms with Crippen LogP contribution in [0.5, 0.6) is 11.5 Å². The quantitative estimate of drug-likeness (QED) is 0.480. The second-order valence-electron chi connectivity index (χ2n) is 4.03. The smallest absolute Gasteiger partial charge is 0.311 e. The van der Waals surface area contributed by atoms with Crippen molar-refractivity contribution in [1.82, 2.24) is 0 Å². The van der Waals surface area contributed by atoms with Gasteiger partial charge >= 0.3 is 5.69 Å². The van der Waals surface area contributed by atoms with Crippen LogP contribution in [-0.4, -0.2) is 10.7 Å². The standard InChI is InChI=1S/C14H10ClNO4/c1-9(17)10-6-7-13(11(15)8-10)20-14-5-3-2-4-12(14)16(18)19/h2-8H,1H3. The van der Waals surface area contributed by atoms with Crippen molar-refractivity contribution in [2.24, 2.45) is 0 Å². The van der Waals surface area contributed by atoms with Gasteiger partial charge in [-0.05, 0) is 31.2 Å². The molecule has 0 bridgehead atoms. The number of ketones is 1. The van der Waals surface area contributed by atoms with Gasteiger partial charge < -0.3 is 4.74 Å².